The first-order chi connectivity index (χ1) is 13.5. The molecule has 8 heteroatoms. The lowest BCUT2D eigenvalue weighted by atomic mass is 10.1. The fraction of sp³-hybridized carbons (Fsp3) is 0.100. The lowest BCUT2D eigenvalue weighted by Gasteiger charge is -2.11. The van der Waals surface area contributed by atoms with E-state index in [1.54, 1.807) is 19.1 Å². The van der Waals surface area contributed by atoms with Crippen molar-refractivity contribution in [2.24, 2.45) is 0 Å². The number of anilines is 2. The number of ether oxygens (including phenoxy) is 1. The molecule has 0 aliphatic rings. The van der Waals surface area contributed by atoms with Crippen molar-refractivity contribution in [3.8, 4) is 22.9 Å². The Balaban J connectivity index is 1.91. The van der Waals surface area contributed by atoms with Gasteiger partial charge in [0.25, 0.3) is 0 Å². The molecule has 0 saturated carbocycles. The Bertz CT molecular complexity index is 1150. The van der Waals surface area contributed by atoms with E-state index in [1.165, 1.54) is 37.6 Å². The van der Waals surface area contributed by atoms with Crippen LogP contribution in [-0.2, 0) is 0 Å². The van der Waals surface area contributed by atoms with E-state index < -0.39 is 11.6 Å². The molecule has 0 amide bonds. The van der Waals surface area contributed by atoms with Gasteiger partial charge in [-0.1, -0.05) is 6.07 Å². The zero-order chi connectivity index (χ0) is 19.8. The largest absolute Gasteiger partial charge is 0.495 e. The number of pyridine rings is 2. The molecule has 0 spiro atoms. The normalized spacial score (nSPS) is 11.0. The van der Waals surface area contributed by atoms with Gasteiger partial charge in [-0.3, -0.25) is 0 Å². The standard InChI is InChI=1S/C20H16F2N4O2/c1-10-19-18(20(27)24-10)15(25-16-7-6-11(28-2)9-23-16)8-14(26-19)17-12(21)4-3-5-13(17)22/h3-9,24,27H,1-2H3,(H,23,25). The van der Waals surface area contributed by atoms with Crippen LogP contribution in [0.3, 0.4) is 0 Å². The molecule has 142 valence electrons. The highest BCUT2D eigenvalue weighted by Crippen LogP contribution is 2.38. The molecular formula is C20H16F2N4O2. The average molecular weight is 382 g/mol. The second-order valence-corrected chi connectivity index (χ2v) is 6.18. The van der Waals surface area contributed by atoms with Gasteiger partial charge >= 0.3 is 0 Å². The summed E-state index contributed by atoms with van der Waals surface area (Å²) in [6.45, 7) is 1.71. The van der Waals surface area contributed by atoms with Crippen LogP contribution in [0.2, 0.25) is 0 Å². The predicted molar refractivity (Wildman–Crippen MR) is 102 cm³/mol. The van der Waals surface area contributed by atoms with Crippen LogP contribution in [0.1, 0.15) is 5.69 Å². The van der Waals surface area contributed by atoms with Gasteiger partial charge in [0, 0.05) is 5.69 Å². The predicted octanol–water partition coefficient (Wildman–Crippen LogP) is 4.67. The monoisotopic (exact) mass is 382 g/mol. The maximum atomic E-state index is 14.3. The Labute approximate surface area is 158 Å². The van der Waals surface area contributed by atoms with Gasteiger partial charge in [0.1, 0.15) is 23.2 Å². The van der Waals surface area contributed by atoms with Crippen molar-refractivity contribution in [2.45, 2.75) is 6.92 Å². The van der Waals surface area contributed by atoms with Crippen molar-refractivity contribution in [1.82, 2.24) is 15.0 Å². The van der Waals surface area contributed by atoms with E-state index in [0.717, 1.165) is 0 Å². The van der Waals surface area contributed by atoms with Gasteiger partial charge in [0.2, 0.25) is 0 Å². The molecule has 4 aromatic rings. The highest BCUT2D eigenvalue weighted by molar-refractivity contribution is 6.00. The van der Waals surface area contributed by atoms with Crippen LogP contribution in [-0.4, -0.2) is 27.2 Å². The fourth-order valence-electron chi connectivity index (χ4n) is 3.04. The minimum absolute atomic E-state index is 0.0983. The number of aromatic hydroxyl groups is 1. The van der Waals surface area contributed by atoms with Gasteiger partial charge < -0.3 is 20.1 Å². The number of aromatic nitrogens is 3. The number of fused-ring (bicyclic) bond motifs is 1. The molecule has 0 radical (unpaired) electrons. The highest BCUT2D eigenvalue weighted by atomic mass is 19.1. The summed E-state index contributed by atoms with van der Waals surface area (Å²) < 4.78 is 33.7. The van der Waals surface area contributed by atoms with Gasteiger partial charge in [-0.25, -0.2) is 18.7 Å². The van der Waals surface area contributed by atoms with Crippen molar-refractivity contribution in [3.05, 3.63) is 59.9 Å². The number of H-pyrrole nitrogens is 1. The van der Waals surface area contributed by atoms with E-state index in [2.05, 4.69) is 20.3 Å². The summed E-state index contributed by atoms with van der Waals surface area (Å²) in [6.07, 6.45) is 1.53. The van der Waals surface area contributed by atoms with Crippen molar-refractivity contribution < 1.29 is 18.6 Å². The lowest BCUT2D eigenvalue weighted by molar-refractivity contribution is 0.413. The first-order valence-corrected chi connectivity index (χ1v) is 8.41. The summed E-state index contributed by atoms with van der Waals surface area (Å²) in [5.41, 5.74) is 1.23. The number of aromatic amines is 1. The molecule has 3 aromatic heterocycles. The maximum absolute atomic E-state index is 14.3. The molecule has 0 bridgehead atoms. The molecule has 0 fully saturated rings. The van der Waals surface area contributed by atoms with Gasteiger partial charge in [0.05, 0.1) is 41.2 Å². The minimum atomic E-state index is -0.724. The number of benzene rings is 1. The average Bonchev–Trinajstić information content (AvgIpc) is 2.96. The summed E-state index contributed by atoms with van der Waals surface area (Å²) >= 11 is 0. The van der Waals surface area contributed by atoms with E-state index in [1.807, 2.05) is 0 Å². The first kappa shape index (κ1) is 17.7. The van der Waals surface area contributed by atoms with Gasteiger partial charge in [0.15, 0.2) is 5.88 Å². The van der Waals surface area contributed by atoms with Crippen LogP contribution in [0.15, 0.2) is 42.6 Å². The number of halogens is 2. The number of rotatable bonds is 4. The number of nitrogens with one attached hydrogen (secondary N) is 2. The summed E-state index contributed by atoms with van der Waals surface area (Å²) in [4.78, 5) is 11.4. The molecule has 3 heterocycles. The summed E-state index contributed by atoms with van der Waals surface area (Å²) in [5, 5.41) is 13.7. The SMILES string of the molecule is COc1ccc(Nc2cc(-c3c(F)cccc3F)nc3c(C)[nH]c(O)c23)nc1. The molecule has 0 atom stereocenters. The van der Waals surface area contributed by atoms with Crippen molar-refractivity contribution in [1.29, 1.82) is 0 Å². The van der Waals surface area contributed by atoms with Gasteiger partial charge in [-0.15, -0.1) is 0 Å². The Kier molecular flexibility index (Phi) is 4.31. The number of methoxy groups -OCH3 is 1. The number of hydrogen-bond acceptors (Lipinski definition) is 5. The Morgan fingerprint density at radius 1 is 1.14 bits per heavy atom. The second kappa shape index (κ2) is 6.80. The van der Waals surface area contributed by atoms with E-state index >= 15 is 0 Å². The molecule has 1 aromatic carbocycles. The number of aryl methyl sites for hydroxylation is 1. The first-order valence-electron chi connectivity index (χ1n) is 8.41. The highest BCUT2D eigenvalue weighted by Gasteiger charge is 2.19. The van der Waals surface area contributed by atoms with Crippen LogP contribution in [0.4, 0.5) is 20.3 Å². The summed E-state index contributed by atoms with van der Waals surface area (Å²) in [5.74, 6) is -0.501. The molecule has 0 aliphatic heterocycles. The molecule has 0 unspecified atom stereocenters. The topological polar surface area (TPSA) is 83.1 Å². The van der Waals surface area contributed by atoms with Crippen LogP contribution < -0.4 is 10.1 Å². The van der Waals surface area contributed by atoms with Gasteiger partial charge in [-0.05, 0) is 37.3 Å². The lowest BCUT2D eigenvalue weighted by Crippen LogP contribution is -1.98. The molecular weight excluding hydrogens is 366 g/mol. The zero-order valence-corrected chi connectivity index (χ0v) is 15.0. The third kappa shape index (κ3) is 2.98. The molecule has 0 saturated heterocycles. The fourth-order valence-corrected chi connectivity index (χ4v) is 3.04. The Morgan fingerprint density at radius 2 is 1.89 bits per heavy atom. The summed E-state index contributed by atoms with van der Waals surface area (Å²) in [7, 11) is 1.53. The third-order valence-corrected chi connectivity index (χ3v) is 4.37. The van der Waals surface area contributed by atoms with E-state index in [9.17, 15) is 13.9 Å². The minimum Gasteiger partial charge on any atom is -0.495 e. The third-order valence-electron chi connectivity index (χ3n) is 4.37. The molecule has 3 N–H and O–H groups in total. The maximum Gasteiger partial charge on any atom is 0.200 e. The van der Waals surface area contributed by atoms with Crippen LogP contribution in [0.25, 0.3) is 22.2 Å². The van der Waals surface area contributed by atoms with Crippen molar-refractivity contribution in [2.75, 3.05) is 12.4 Å². The molecule has 4 rings (SSSR count). The Hall–Kier alpha value is -3.68. The zero-order valence-electron chi connectivity index (χ0n) is 15.0. The number of nitrogens with zero attached hydrogens (tertiary/aromatic N) is 2. The number of hydrogen-bond donors (Lipinski definition) is 3. The molecule has 0 aliphatic carbocycles. The Morgan fingerprint density at radius 3 is 2.54 bits per heavy atom. The van der Waals surface area contributed by atoms with Crippen LogP contribution in [0, 0.1) is 18.6 Å². The van der Waals surface area contributed by atoms with Gasteiger partial charge in [-0.2, -0.15) is 0 Å². The van der Waals surface area contributed by atoms with Crippen LogP contribution >= 0.6 is 0 Å². The summed E-state index contributed by atoms with van der Waals surface area (Å²) in [6, 6.07) is 8.51. The van der Waals surface area contributed by atoms with E-state index in [-0.39, 0.29) is 17.1 Å². The second-order valence-electron chi connectivity index (χ2n) is 6.18. The van der Waals surface area contributed by atoms with Crippen molar-refractivity contribution >= 4 is 22.4 Å². The molecule has 28 heavy (non-hydrogen) atoms. The van der Waals surface area contributed by atoms with Crippen LogP contribution in [0.5, 0.6) is 11.6 Å². The van der Waals surface area contributed by atoms with E-state index in [4.69, 9.17) is 4.74 Å². The molecule has 6 nitrogen and oxygen atoms in total. The smallest absolute Gasteiger partial charge is 0.200 e. The quantitative estimate of drug-likeness (QED) is 0.478. The van der Waals surface area contributed by atoms with Crippen molar-refractivity contribution in [3.63, 3.8) is 0 Å². The van der Waals surface area contributed by atoms with E-state index in [0.29, 0.717) is 33.9 Å².